The number of halogens is 1. The lowest BCUT2D eigenvalue weighted by Crippen LogP contribution is -2.04. The van der Waals surface area contributed by atoms with E-state index in [-0.39, 0.29) is 0 Å². The molecule has 1 aliphatic rings. The molecule has 0 atom stereocenters. The van der Waals surface area contributed by atoms with Crippen molar-refractivity contribution in [2.45, 2.75) is 6.42 Å². The molecule has 0 spiro atoms. The fourth-order valence-electron chi connectivity index (χ4n) is 3.01. The maximum absolute atomic E-state index is 11.8. The van der Waals surface area contributed by atoms with Crippen molar-refractivity contribution in [3.8, 4) is 11.3 Å². The second-order valence-corrected chi connectivity index (χ2v) is 5.55. The first-order chi connectivity index (χ1) is 10.1. The topological polar surface area (TPSA) is 50.2 Å². The molecule has 1 N–H and O–H groups in total. The van der Waals surface area contributed by atoms with E-state index in [0.29, 0.717) is 27.9 Å². The van der Waals surface area contributed by atoms with Crippen LogP contribution in [0.3, 0.4) is 0 Å². The first-order valence-electron chi connectivity index (χ1n) is 6.59. The number of hydrogen-bond donors (Lipinski definition) is 1. The molecule has 1 aromatic heterocycles. The van der Waals surface area contributed by atoms with E-state index in [1.807, 2.05) is 24.3 Å². The molecule has 0 aliphatic heterocycles. The van der Waals surface area contributed by atoms with Crippen molar-refractivity contribution in [2.24, 2.45) is 0 Å². The molecule has 0 fully saturated rings. The van der Waals surface area contributed by atoms with Crippen LogP contribution in [0.25, 0.3) is 22.2 Å². The number of rotatable bonds is 1. The summed E-state index contributed by atoms with van der Waals surface area (Å²) < 4.78 is 0. The van der Waals surface area contributed by atoms with Gasteiger partial charge in [-0.1, -0.05) is 35.9 Å². The Morgan fingerprint density at radius 3 is 2.81 bits per heavy atom. The number of nitrogens with zero attached hydrogens (tertiary/aromatic N) is 1. The lowest BCUT2D eigenvalue weighted by molar-refractivity contribution is 0.0698. The number of hydrogen-bond acceptors (Lipinski definition) is 2. The number of aromatic carboxylic acids is 1. The summed E-state index contributed by atoms with van der Waals surface area (Å²) in [5, 5.41) is 10.8. The van der Waals surface area contributed by atoms with Crippen molar-refractivity contribution in [1.29, 1.82) is 0 Å². The van der Waals surface area contributed by atoms with Crippen LogP contribution in [0.2, 0.25) is 5.02 Å². The number of fused-ring (bicyclic) bond motifs is 4. The Morgan fingerprint density at radius 1 is 1.19 bits per heavy atom. The molecule has 0 bridgehead atoms. The Morgan fingerprint density at radius 2 is 2.00 bits per heavy atom. The average Bonchev–Trinajstić information content (AvgIpc) is 2.82. The van der Waals surface area contributed by atoms with Gasteiger partial charge in [-0.3, -0.25) is 0 Å². The molecule has 3 aromatic rings. The average molecular weight is 296 g/mol. The van der Waals surface area contributed by atoms with Crippen molar-refractivity contribution < 1.29 is 9.90 Å². The zero-order valence-electron chi connectivity index (χ0n) is 10.9. The summed E-state index contributed by atoms with van der Waals surface area (Å²) in [6, 6.07) is 13.1. The lowest BCUT2D eigenvalue weighted by atomic mass is 10.0. The van der Waals surface area contributed by atoms with Gasteiger partial charge in [-0.05, 0) is 29.3 Å². The third-order valence-corrected chi connectivity index (χ3v) is 4.14. The number of carbonyl (C=O) groups is 1. The van der Waals surface area contributed by atoms with E-state index in [0.717, 1.165) is 22.4 Å². The molecule has 3 nitrogen and oxygen atoms in total. The molecule has 1 heterocycles. The van der Waals surface area contributed by atoms with E-state index in [1.54, 1.807) is 18.2 Å². The van der Waals surface area contributed by atoms with Crippen molar-refractivity contribution in [2.75, 3.05) is 0 Å². The molecule has 4 rings (SSSR count). The molecule has 102 valence electrons. The minimum atomic E-state index is -0.936. The molecule has 4 heteroatoms. The summed E-state index contributed by atoms with van der Waals surface area (Å²) in [6.45, 7) is 0. The van der Waals surface area contributed by atoms with Crippen LogP contribution in [-0.4, -0.2) is 16.1 Å². The van der Waals surface area contributed by atoms with E-state index in [4.69, 9.17) is 11.6 Å². The minimum absolute atomic E-state index is 0.314. The second-order valence-electron chi connectivity index (χ2n) is 5.11. The van der Waals surface area contributed by atoms with Crippen molar-refractivity contribution in [1.82, 2.24) is 4.98 Å². The Hall–Kier alpha value is -2.39. The maximum Gasteiger partial charge on any atom is 0.336 e. The quantitative estimate of drug-likeness (QED) is 0.574. The first kappa shape index (κ1) is 12.4. The summed E-state index contributed by atoms with van der Waals surface area (Å²) in [6.07, 6.45) is 0.600. The summed E-state index contributed by atoms with van der Waals surface area (Å²) in [5.41, 5.74) is 4.66. The summed E-state index contributed by atoms with van der Waals surface area (Å²) in [5.74, 6) is -0.936. The standard InChI is InChI=1S/C17H10ClNO2/c18-10-5-6-14-12(8-10)15(17(20)21)13-7-9-3-1-2-4-11(9)16(13)19-14/h1-6,8H,7H2,(H,20,21). The third-order valence-electron chi connectivity index (χ3n) is 3.90. The van der Waals surface area contributed by atoms with Crippen LogP contribution >= 0.6 is 11.6 Å². The highest BCUT2D eigenvalue weighted by Crippen LogP contribution is 2.39. The molecule has 0 saturated carbocycles. The van der Waals surface area contributed by atoms with Gasteiger partial charge < -0.3 is 5.11 Å². The van der Waals surface area contributed by atoms with Crippen molar-refractivity contribution in [3.63, 3.8) is 0 Å². The maximum atomic E-state index is 11.8. The van der Waals surface area contributed by atoms with Crippen LogP contribution in [0.5, 0.6) is 0 Å². The number of benzene rings is 2. The highest BCUT2D eigenvalue weighted by Gasteiger charge is 2.27. The Bertz CT molecular complexity index is 918. The number of aromatic nitrogens is 1. The van der Waals surface area contributed by atoms with Crippen LogP contribution in [-0.2, 0) is 6.42 Å². The molecule has 1 aliphatic carbocycles. The Labute approximate surface area is 125 Å². The van der Waals surface area contributed by atoms with E-state index in [1.165, 1.54) is 0 Å². The number of pyridine rings is 1. The minimum Gasteiger partial charge on any atom is -0.478 e. The summed E-state index contributed by atoms with van der Waals surface area (Å²) in [4.78, 5) is 16.4. The molecular weight excluding hydrogens is 286 g/mol. The first-order valence-corrected chi connectivity index (χ1v) is 6.96. The predicted molar refractivity (Wildman–Crippen MR) is 82.0 cm³/mol. The van der Waals surface area contributed by atoms with Crippen LogP contribution in [0.15, 0.2) is 42.5 Å². The van der Waals surface area contributed by atoms with E-state index < -0.39 is 5.97 Å². The van der Waals surface area contributed by atoms with Gasteiger partial charge >= 0.3 is 5.97 Å². The van der Waals surface area contributed by atoms with Crippen molar-refractivity contribution >= 4 is 28.5 Å². The summed E-state index contributed by atoms with van der Waals surface area (Å²) >= 11 is 6.01. The van der Waals surface area contributed by atoms with Gasteiger partial charge in [-0.2, -0.15) is 0 Å². The fraction of sp³-hybridized carbons (Fsp3) is 0.0588. The van der Waals surface area contributed by atoms with E-state index in [2.05, 4.69) is 4.98 Å². The number of carboxylic acid groups (broad SMARTS) is 1. The van der Waals surface area contributed by atoms with Gasteiger partial charge in [0.25, 0.3) is 0 Å². The highest BCUT2D eigenvalue weighted by atomic mass is 35.5. The van der Waals surface area contributed by atoms with Crippen LogP contribution in [0, 0.1) is 0 Å². The molecule has 0 saturated heterocycles. The Kier molecular flexibility index (Phi) is 2.53. The highest BCUT2D eigenvalue weighted by molar-refractivity contribution is 6.31. The van der Waals surface area contributed by atoms with Gasteiger partial charge in [0.15, 0.2) is 0 Å². The van der Waals surface area contributed by atoms with Crippen molar-refractivity contribution in [3.05, 3.63) is 64.2 Å². The van der Waals surface area contributed by atoms with Gasteiger partial charge in [-0.15, -0.1) is 0 Å². The van der Waals surface area contributed by atoms with Crippen LogP contribution in [0.1, 0.15) is 21.5 Å². The molecule has 0 radical (unpaired) electrons. The molecule has 0 amide bonds. The van der Waals surface area contributed by atoms with Crippen LogP contribution in [0.4, 0.5) is 0 Å². The lowest BCUT2D eigenvalue weighted by Gasteiger charge is -2.09. The zero-order chi connectivity index (χ0) is 14.6. The smallest absolute Gasteiger partial charge is 0.336 e. The van der Waals surface area contributed by atoms with Crippen LogP contribution < -0.4 is 0 Å². The largest absolute Gasteiger partial charge is 0.478 e. The van der Waals surface area contributed by atoms with E-state index >= 15 is 0 Å². The zero-order valence-corrected chi connectivity index (χ0v) is 11.7. The normalized spacial score (nSPS) is 12.2. The van der Waals surface area contributed by atoms with Gasteiger partial charge in [0, 0.05) is 22.4 Å². The molecular formula is C17H10ClNO2. The van der Waals surface area contributed by atoms with Gasteiger partial charge in [-0.25, -0.2) is 9.78 Å². The fourth-order valence-corrected chi connectivity index (χ4v) is 3.18. The Balaban J connectivity index is 2.15. The molecule has 21 heavy (non-hydrogen) atoms. The van der Waals surface area contributed by atoms with Gasteiger partial charge in [0.2, 0.25) is 0 Å². The third kappa shape index (κ3) is 1.74. The number of carboxylic acids is 1. The predicted octanol–water partition coefficient (Wildman–Crippen LogP) is 4.16. The second kappa shape index (κ2) is 4.30. The molecule has 0 unspecified atom stereocenters. The summed E-state index contributed by atoms with van der Waals surface area (Å²) in [7, 11) is 0. The SMILES string of the molecule is O=C(O)c1c2c(nc3ccc(Cl)cc13)-c1ccccc1C2. The van der Waals surface area contributed by atoms with E-state index in [9.17, 15) is 9.90 Å². The van der Waals surface area contributed by atoms with Gasteiger partial charge in [0.05, 0.1) is 16.8 Å². The van der Waals surface area contributed by atoms with Gasteiger partial charge in [0.1, 0.15) is 0 Å². The monoisotopic (exact) mass is 295 g/mol. The molecule has 2 aromatic carbocycles.